The maximum Gasteiger partial charge on any atom is 0.318 e. The van der Waals surface area contributed by atoms with Gasteiger partial charge in [-0.15, -0.1) is 5.10 Å². The van der Waals surface area contributed by atoms with Gasteiger partial charge in [-0.3, -0.25) is 0 Å². The van der Waals surface area contributed by atoms with E-state index in [0.29, 0.717) is 18.5 Å². The van der Waals surface area contributed by atoms with Gasteiger partial charge in [-0.2, -0.15) is 0 Å². The second-order valence-corrected chi connectivity index (χ2v) is 2.68. The molecule has 0 saturated heterocycles. The zero-order valence-corrected chi connectivity index (χ0v) is 8.37. The minimum Gasteiger partial charge on any atom is -0.407 e. The molecule has 0 aliphatic heterocycles. The quantitative estimate of drug-likeness (QED) is 0.727. The summed E-state index contributed by atoms with van der Waals surface area (Å²) >= 11 is 0. The van der Waals surface area contributed by atoms with Gasteiger partial charge in [0.15, 0.2) is 0 Å². The third kappa shape index (κ3) is 2.42. The maximum atomic E-state index is 5.41. The summed E-state index contributed by atoms with van der Waals surface area (Å²) in [7, 11) is 1.85. The number of nitrogens with zero attached hydrogens (tertiary/aromatic N) is 3. The molecule has 0 amide bonds. The predicted molar refractivity (Wildman–Crippen MR) is 50.6 cm³/mol. The van der Waals surface area contributed by atoms with Crippen LogP contribution < -0.4 is 10.2 Å². The lowest BCUT2D eigenvalue weighted by Crippen LogP contribution is -2.22. The highest BCUT2D eigenvalue weighted by Crippen LogP contribution is 2.10. The van der Waals surface area contributed by atoms with Crippen LogP contribution in [-0.4, -0.2) is 30.3 Å². The normalized spacial score (nSPS) is 10.4. The van der Waals surface area contributed by atoms with Crippen molar-refractivity contribution < 1.29 is 4.42 Å². The van der Waals surface area contributed by atoms with Gasteiger partial charge in [-0.05, 0) is 20.9 Å². The molecule has 0 aliphatic rings. The first-order valence-corrected chi connectivity index (χ1v) is 4.53. The van der Waals surface area contributed by atoms with Crippen LogP contribution in [-0.2, 0) is 6.54 Å². The molecule has 0 radical (unpaired) electrons. The third-order valence-corrected chi connectivity index (χ3v) is 1.82. The number of anilines is 1. The summed E-state index contributed by atoms with van der Waals surface area (Å²) in [5.41, 5.74) is 0. The van der Waals surface area contributed by atoms with Gasteiger partial charge < -0.3 is 14.6 Å². The van der Waals surface area contributed by atoms with E-state index in [0.717, 1.165) is 13.1 Å². The number of hydrogen-bond acceptors (Lipinski definition) is 5. The highest BCUT2D eigenvalue weighted by molar-refractivity contribution is 5.22. The van der Waals surface area contributed by atoms with Crippen molar-refractivity contribution in [3.63, 3.8) is 0 Å². The Morgan fingerprint density at radius 1 is 1.31 bits per heavy atom. The Bertz CT molecular complexity index is 244. The number of hydrogen-bond donors (Lipinski definition) is 1. The maximum absolute atomic E-state index is 5.41. The molecule has 0 bridgehead atoms. The fourth-order valence-corrected chi connectivity index (χ4v) is 1.09. The van der Waals surface area contributed by atoms with Crippen molar-refractivity contribution in [3.8, 4) is 0 Å². The van der Waals surface area contributed by atoms with Crippen LogP contribution in [0.15, 0.2) is 4.42 Å². The minimum absolute atomic E-state index is 0.607. The third-order valence-electron chi connectivity index (χ3n) is 1.82. The molecule has 13 heavy (non-hydrogen) atoms. The Balaban J connectivity index is 2.66. The van der Waals surface area contributed by atoms with E-state index in [9.17, 15) is 0 Å². The van der Waals surface area contributed by atoms with Crippen molar-refractivity contribution in [1.82, 2.24) is 15.5 Å². The van der Waals surface area contributed by atoms with E-state index in [2.05, 4.69) is 29.4 Å². The largest absolute Gasteiger partial charge is 0.407 e. The molecule has 5 heteroatoms. The van der Waals surface area contributed by atoms with Crippen LogP contribution in [0.25, 0.3) is 0 Å². The Kier molecular flexibility index (Phi) is 3.70. The highest BCUT2D eigenvalue weighted by atomic mass is 16.4. The SMILES string of the molecule is CCN(CC)c1nnc(CNC)o1. The van der Waals surface area contributed by atoms with Crippen LogP contribution in [0.3, 0.4) is 0 Å². The van der Waals surface area contributed by atoms with Gasteiger partial charge >= 0.3 is 6.01 Å². The van der Waals surface area contributed by atoms with E-state index in [1.165, 1.54) is 0 Å². The van der Waals surface area contributed by atoms with Crippen LogP contribution in [0.2, 0.25) is 0 Å². The predicted octanol–water partition coefficient (Wildman–Crippen LogP) is 0.635. The molecule has 0 atom stereocenters. The zero-order valence-electron chi connectivity index (χ0n) is 8.37. The molecule has 1 aromatic heterocycles. The standard InChI is InChI=1S/C8H16N4O/c1-4-12(5-2)8-11-10-7(13-8)6-9-3/h9H,4-6H2,1-3H3. The summed E-state index contributed by atoms with van der Waals surface area (Å²) in [5, 5.41) is 10.8. The first-order valence-electron chi connectivity index (χ1n) is 4.53. The molecular weight excluding hydrogens is 168 g/mol. The lowest BCUT2D eigenvalue weighted by molar-refractivity contribution is 0.473. The van der Waals surface area contributed by atoms with Crippen LogP contribution in [0.1, 0.15) is 19.7 Å². The minimum atomic E-state index is 0.607. The Morgan fingerprint density at radius 3 is 2.54 bits per heavy atom. The second kappa shape index (κ2) is 4.81. The van der Waals surface area contributed by atoms with Crippen molar-refractivity contribution in [3.05, 3.63) is 5.89 Å². The Hall–Kier alpha value is -1.10. The average Bonchev–Trinajstić information content (AvgIpc) is 2.56. The van der Waals surface area contributed by atoms with E-state index >= 15 is 0 Å². The van der Waals surface area contributed by atoms with Crippen molar-refractivity contribution >= 4 is 6.01 Å². The van der Waals surface area contributed by atoms with Gasteiger partial charge in [0.05, 0.1) is 6.54 Å². The molecule has 1 heterocycles. The molecule has 0 aliphatic carbocycles. The van der Waals surface area contributed by atoms with E-state index < -0.39 is 0 Å². The number of aromatic nitrogens is 2. The van der Waals surface area contributed by atoms with E-state index in [1.54, 1.807) is 0 Å². The van der Waals surface area contributed by atoms with E-state index in [4.69, 9.17) is 4.42 Å². The van der Waals surface area contributed by atoms with Crippen LogP contribution in [0.4, 0.5) is 6.01 Å². The van der Waals surface area contributed by atoms with Crippen molar-refractivity contribution in [2.75, 3.05) is 25.0 Å². The smallest absolute Gasteiger partial charge is 0.318 e. The average molecular weight is 184 g/mol. The van der Waals surface area contributed by atoms with Crippen molar-refractivity contribution in [2.24, 2.45) is 0 Å². The summed E-state index contributed by atoms with van der Waals surface area (Å²) in [6.07, 6.45) is 0. The Labute approximate surface area is 78.1 Å². The molecule has 1 rings (SSSR count). The summed E-state index contributed by atoms with van der Waals surface area (Å²) in [6, 6.07) is 0.607. The molecule has 0 aromatic carbocycles. The summed E-state index contributed by atoms with van der Waals surface area (Å²) in [4.78, 5) is 2.02. The van der Waals surface area contributed by atoms with Crippen LogP contribution in [0.5, 0.6) is 0 Å². The fourth-order valence-electron chi connectivity index (χ4n) is 1.09. The highest BCUT2D eigenvalue weighted by Gasteiger charge is 2.09. The first kappa shape index (κ1) is 9.98. The fraction of sp³-hybridized carbons (Fsp3) is 0.750. The molecule has 5 nitrogen and oxygen atoms in total. The van der Waals surface area contributed by atoms with E-state index in [-0.39, 0.29) is 0 Å². The molecule has 1 N–H and O–H groups in total. The Morgan fingerprint density at radius 2 is 2.00 bits per heavy atom. The van der Waals surface area contributed by atoms with E-state index in [1.807, 2.05) is 11.9 Å². The first-order chi connectivity index (χ1) is 6.31. The van der Waals surface area contributed by atoms with Gasteiger partial charge in [0.2, 0.25) is 5.89 Å². The molecule has 0 spiro atoms. The molecule has 0 unspecified atom stereocenters. The van der Waals surface area contributed by atoms with Gasteiger partial charge in [-0.25, -0.2) is 0 Å². The number of nitrogens with one attached hydrogen (secondary N) is 1. The van der Waals surface area contributed by atoms with Crippen molar-refractivity contribution in [1.29, 1.82) is 0 Å². The topological polar surface area (TPSA) is 54.2 Å². The zero-order chi connectivity index (χ0) is 9.68. The molecule has 0 saturated carbocycles. The summed E-state index contributed by atoms with van der Waals surface area (Å²) < 4.78 is 5.41. The monoisotopic (exact) mass is 184 g/mol. The molecule has 0 fully saturated rings. The van der Waals surface area contributed by atoms with Crippen molar-refractivity contribution in [2.45, 2.75) is 20.4 Å². The van der Waals surface area contributed by atoms with Gasteiger partial charge in [0.1, 0.15) is 0 Å². The van der Waals surface area contributed by atoms with Gasteiger partial charge in [-0.1, -0.05) is 5.10 Å². The number of rotatable bonds is 5. The second-order valence-electron chi connectivity index (χ2n) is 2.68. The molecule has 1 aromatic rings. The van der Waals surface area contributed by atoms with Gasteiger partial charge in [0.25, 0.3) is 0 Å². The van der Waals surface area contributed by atoms with Crippen LogP contribution in [0, 0.1) is 0 Å². The summed E-state index contributed by atoms with van der Waals surface area (Å²) in [5.74, 6) is 0.629. The molecular formula is C8H16N4O. The molecule has 74 valence electrons. The van der Waals surface area contributed by atoms with Crippen LogP contribution >= 0.6 is 0 Å². The summed E-state index contributed by atoms with van der Waals surface area (Å²) in [6.45, 7) is 6.51. The lowest BCUT2D eigenvalue weighted by atomic mass is 10.5. The lowest BCUT2D eigenvalue weighted by Gasteiger charge is -2.13. The van der Waals surface area contributed by atoms with Gasteiger partial charge in [0, 0.05) is 13.1 Å².